The molecule has 3 aliphatic rings. The molecule has 5 rings (SSSR count). The number of amidine groups is 1. The zero-order chi connectivity index (χ0) is 21.4. The lowest BCUT2D eigenvalue weighted by molar-refractivity contribution is -0.137. The van der Waals surface area contributed by atoms with Gasteiger partial charge in [-0.2, -0.15) is 13.2 Å². The van der Waals surface area contributed by atoms with Gasteiger partial charge < -0.3 is 10.6 Å². The van der Waals surface area contributed by atoms with Crippen LogP contribution < -0.4 is 10.6 Å². The highest BCUT2D eigenvalue weighted by molar-refractivity contribution is 5.89. The number of fused-ring (bicyclic) bond motifs is 1. The summed E-state index contributed by atoms with van der Waals surface area (Å²) in [5, 5.41) is 6.70. The maximum atomic E-state index is 13.6. The molecule has 5 nitrogen and oxygen atoms in total. The highest BCUT2D eigenvalue weighted by Gasteiger charge is 2.34. The molecule has 0 spiro atoms. The number of halogens is 3. The fourth-order valence-electron chi connectivity index (χ4n) is 4.18. The molecule has 1 saturated carbocycles. The summed E-state index contributed by atoms with van der Waals surface area (Å²) in [6.07, 6.45) is 4.38. The van der Waals surface area contributed by atoms with Crippen molar-refractivity contribution in [2.24, 2.45) is 10.9 Å². The summed E-state index contributed by atoms with van der Waals surface area (Å²) in [5.74, 6) is 2.96. The molecule has 1 aromatic heterocycles. The van der Waals surface area contributed by atoms with Gasteiger partial charge in [0.2, 0.25) is 0 Å². The molecule has 1 fully saturated rings. The molecule has 0 amide bonds. The number of aryl methyl sites for hydroxylation is 1. The summed E-state index contributed by atoms with van der Waals surface area (Å²) in [5.41, 5.74) is 1.14. The van der Waals surface area contributed by atoms with Gasteiger partial charge in [0, 0.05) is 22.7 Å². The zero-order valence-corrected chi connectivity index (χ0v) is 17.1. The Bertz CT molecular complexity index is 1050. The molecular weight excluding hydrogens is 403 g/mol. The SMILES string of the molecule is FC(F)(F)c1ccccc1-c1nc2c(c(NC3=CCN=C(C4CC4)N3)n1)CCCCC2. The van der Waals surface area contributed by atoms with Crippen LogP contribution in [0, 0.1) is 5.92 Å². The van der Waals surface area contributed by atoms with Gasteiger partial charge in [0.05, 0.1) is 12.1 Å². The van der Waals surface area contributed by atoms with E-state index in [-0.39, 0.29) is 11.4 Å². The fourth-order valence-corrected chi connectivity index (χ4v) is 4.18. The monoisotopic (exact) mass is 427 g/mol. The number of hydrogen-bond donors (Lipinski definition) is 2. The second-order valence-corrected chi connectivity index (χ2v) is 8.29. The van der Waals surface area contributed by atoms with Crippen molar-refractivity contribution in [1.82, 2.24) is 15.3 Å². The van der Waals surface area contributed by atoms with Gasteiger partial charge >= 0.3 is 6.18 Å². The van der Waals surface area contributed by atoms with Crippen molar-refractivity contribution >= 4 is 11.7 Å². The largest absolute Gasteiger partial charge is 0.417 e. The van der Waals surface area contributed by atoms with E-state index in [1.807, 2.05) is 6.08 Å². The Morgan fingerprint density at radius 2 is 1.81 bits per heavy atom. The molecule has 2 heterocycles. The lowest BCUT2D eigenvalue weighted by Gasteiger charge is -2.21. The van der Waals surface area contributed by atoms with Gasteiger partial charge in [-0.3, -0.25) is 4.99 Å². The Morgan fingerprint density at radius 3 is 2.61 bits per heavy atom. The van der Waals surface area contributed by atoms with E-state index in [4.69, 9.17) is 0 Å². The smallest absolute Gasteiger partial charge is 0.330 e. The predicted molar refractivity (Wildman–Crippen MR) is 114 cm³/mol. The number of benzene rings is 1. The lowest BCUT2D eigenvalue weighted by atomic mass is 10.0. The highest BCUT2D eigenvalue weighted by Crippen LogP contribution is 2.37. The van der Waals surface area contributed by atoms with Crippen molar-refractivity contribution in [3.63, 3.8) is 0 Å². The molecule has 1 aromatic carbocycles. The first kappa shape index (κ1) is 20.0. The van der Waals surface area contributed by atoms with Crippen LogP contribution in [0.15, 0.2) is 41.2 Å². The van der Waals surface area contributed by atoms with Crippen LogP contribution in [0.25, 0.3) is 11.4 Å². The molecule has 2 aromatic rings. The number of nitrogens with one attached hydrogen (secondary N) is 2. The molecule has 1 aliphatic heterocycles. The number of rotatable bonds is 4. The summed E-state index contributed by atoms with van der Waals surface area (Å²) >= 11 is 0. The first-order valence-corrected chi connectivity index (χ1v) is 10.8. The minimum atomic E-state index is -4.47. The third-order valence-electron chi connectivity index (χ3n) is 5.94. The van der Waals surface area contributed by atoms with Crippen LogP contribution in [0.1, 0.15) is 48.9 Å². The maximum absolute atomic E-state index is 13.6. The van der Waals surface area contributed by atoms with Gasteiger partial charge in [-0.1, -0.05) is 24.6 Å². The van der Waals surface area contributed by atoms with Crippen LogP contribution in [0.5, 0.6) is 0 Å². The molecule has 0 saturated heterocycles. The summed E-state index contributed by atoms with van der Waals surface area (Å²) in [6.45, 7) is 0.582. The number of anilines is 1. The maximum Gasteiger partial charge on any atom is 0.417 e. The van der Waals surface area contributed by atoms with E-state index in [0.717, 1.165) is 73.9 Å². The Hall–Kier alpha value is -2.90. The predicted octanol–water partition coefficient (Wildman–Crippen LogP) is 5.10. The van der Waals surface area contributed by atoms with Gasteiger partial charge in [0.15, 0.2) is 5.82 Å². The summed E-state index contributed by atoms with van der Waals surface area (Å²) in [7, 11) is 0. The van der Waals surface area contributed by atoms with E-state index in [9.17, 15) is 13.2 Å². The van der Waals surface area contributed by atoms with Crippen molar-refractivity contribution in [2.75, 3.05) is 11.9 Å². The summed E-state index contributed by atoms with van der Waals surface area (Å²) < 4.78 is 40.9. The molecule has 2 N–H and O–H groups in total. The topological polar surface area (TPSA) is 62.2 Å². The molecule has 31 heavy (non-hydrogen) atoms. The highest BCUT2D eigenvalue weighted by atomic mass is 19.4. The van der Waals surface area contributed by atoms with Crippen molar-refractivity contribution in [1.29, 1.82) is 0 Å². The molecule has 0 unspecified atom stereocenters. The third kappa shape index (κ3) is 4.29. The van der Waals surface area contributed by atoms with Gasteiger partial charge in [-0.05, 0) is 50.7 Å². The normalized spacial score (nSPS) is 18.9. The fraction of sp³-hybridized carbons (Fsp3) is 0.435. The van der Waals surface area contributed by atoms with Crippen molar-refractivity contribution in [3.8, 4) is 11.4 Å². The molecule has 162 valence electrons. The van der Waals surface area contributed by atoms with Crippen LogP contribution in [-0.4, -0.2) is 22.3 Å². The number of hydrogen-bond acceptors (Lipinski definition) is 5. The molecule has 2 aliphatic carbocycles. The van der Waals surface area contributed by atoms with Gasteiger partial charge in [-0.25, -0.2) is 9.97 Å². The molecule has 0 bridgehead atoms. The Balaban J connectivity index is 1.54. The van der Waals surface area contributed by atoms with Crippen LogP contribution in [0.3, 0.4) is 0 Å². The standard InChI is InChI=1S/C23H24F3N5/c24-23(25,26)17-8-5-4-6-15(17)21-28-18-9-3-1-2-7-16(18)22(31-21)30-19-12-13-27-20(29-19)14-10-11-14/h4-6,8,12,14H,1-3,7,9-11,13H2,(H,27,29)(H,28,30,31). The number of aliphatic imine (C=N–C) groups is 1. The minimum absolute atomic E-state index is 0.0101. The van der Waals surface area contributed by atoms with Crippen molar-refractivity contribution < 1.29 is 13.2 Å². The van der Waals surface area contributed by atoms with E-state index < -0.39 is 11.7 Å². The summed E-state index contributed by atoms with van der Waals surface area (Å²) in [4.78, 5) is 13.7. The van der Waals surface area contributed by atoms with Crippen LogP contribution in [-0.2, 0) is 19.0 Å². The number of aromatic nitrogens is 2. The molecule has 0 radical (unpaired) electrons. The van der Waals surface area contributed by atoms with E-state index in [1.165, 1.54) is 12.1 Å². The van der Waals surface area contributed by atoms with E-state index >= 15 is 0 Å². The number of alkyl halides is 3. The van der Waals surface area contributed by atoms with E-state index in [0.29, 0.717) is 18.3 Å². The lowest BCUT2D eigenvalue weighted by Crippen LogP contribution is -2.32. The first-order valence-electron chi connectivity index (χ1n) is 10.8. The first-order chi connectivity index (χ1) is 15.0. The van der Waals surface area contributed by atoms with Gasteiger partial charge in [0.1, 0.15) is 17.5 Å². The van der Waals surface area contributed by atoms with E-state index in [1.54, 1.807) is 6.07 Å². The molecular formula is C23H24F3N5. The Labute approximate surface area is 178 Å². The van der Waals surface area contributed by atoms with Crippen LogP contribution in [0.2, 0.25) is 0 Å². The number of nitrogens with zero attached hydrogens (tertiary/aromatic N) is 3. The molecule has 8 heteroatoms. The van der Waals surface area contributed by atoms with Crippen LogP contribution in [0.4, 0.5) is 19.0 Å². The van der Waals surface area contributed by atoms with E-state index in [2.05, 4.69) is 25.6 Å². The minimum Gasteiger partial charge on any atom is -0.330 e. The summed E-state index contributed by atoms with van der Waals surface area (Å²) in [6, 6.07) is 5.52. The van der Waals surface area contributed by atoms with Crippen molar-refractivity contribution in [3.05, 3.63) is 53.0 Å². The third-order valence-corrected chi connectivity index (χ3v) is 5.94. The zero-order valence-electron chi connectivity index (χ0n) is 17.1. The molecule has 0 atom stereocenters. The van der Waals surface area contributed by atoms with Crippen molar-refractivity contribution in [2.45, 2.75) is 51.1 Å². The Morgan fingerprint density at radius 1 is 1.00 bits per heavy atom. The van der Waals surface area contributed by atoms with Gasteiger partial charge in [0.25, 0.3) is 0 Å². The average Bonchev–Trinajstić information content (AvgIpc) is 3.60. The van der Waals surface area contributed by atoms with Gasteiger partial charge in [-0.15, -0.1) is 0 Å². The average molecular weight is 427 g/mol. The quantitative estimate of drug-likeness (QED) is 0.667. The Kier molecular flexibility index (Phi) is 5.16. The second kappa shape index (κ2) is 7.98. The second-order valence-electron chi connectivity index (χ2n) is 8.29. The van der Waals surface area contributed by atoms with Crippen LogP contribution >= 0.6 is 0 Å².